The van der Waals surface area contributed by atoms with Gasteiger partial charge in [0.15, 0.2) is 0 Å². The predicted molar refractivity (Wildman–Crippen MR) is 97.0 cm³/mol. The molecule has 25 heavy (non-hydrogen) atoms. The molecular formula is C18H23N5O2. The van der Waals surface area contributed by atoms with E-state index in [4.69, 9.17) is 0 Å². The highest BCUT2D eigenvalue weighted by atomic mass is 16.2. The van der Waals surface area contributed by atoms with E-state index in [2.05, 4.69) is 20.3 Å². The average molecular weight is 341 g/mol. The van der Waals surface area contributed by atoms with Gasteiger partial charge in [0, 0.05) is 25.7 Å². The van der Waals surface area contributed by atoms with Crippen molar-refractivity contribution in [3.05, 3.63) is 46.5 Å². The van der Waals surface area contributed by atoms with Gasteiger partial charge in [-0.25, -0.2) is 9.67 Å². The Morgan fingerprint density at radius 2 is 1.96 bits per heavy atom. The molecule has 1 fully saturated rings. The summed E-state index contributed by atoms with van der Waals surface area (Å²) in [5.41, 5.74) is 0.625. The van der Waals surface area contributed by atoms with Crippen molar-refractivity contribution in [3.63, 3.8) is 0 Å². The Kier molecular flexibility index (Phi) is 5.42. The number of pyridine rings is 1. The van der Waals surface area contributed by atoms with Crippen LogP contribution in [-0.2, 0) is 6.54 Å². The first kappa shape index (κ1) is 17.1. The van der Waals surface area contributed by atoms with E-state index in [1.165, 1.54) is 36.1 Å². The summed E-state index contributed by atoms with van der Waals surface area (Å²) in [5, 5.41) is 6.89. The summed E-state index contributed by atoms with van der Waals surface area (Å²) < 4.78 is 1.31. The summed E-state index contributed by atoms with van der Waals surface area (Å²) >= 11 is 0. The van der Waals surface area contributed by atoms with Crippen LogP contribution in [0.2, 0.25) is 0 Å². The standard InChI is InChI=1S/C18H23N5O2/c1-2-10-23-17(24)9-7-15(21-23)18(25)20-14-6-8-16(19-13-14)22-11-4-3-5-12-22/h6-9,13H,2-5,10-12H2,1H3,(H,20,25). The zero-order chi connectivity index (χ0) is 17.6. The molecule has 3 heterocycles. The first-order valence-corrected chi connectivity index (χ1v) is 8.78. The van der Waals surface area contributed by atoms with Crippen LogP contribution in [0.5, 0.6) is 0 Å². The van der Waals surface area contributed by atoms with Crippen LogP contribution in [0.1, 0.15) is 43.1 Å². The Morgan fingerprint density at radius 3 is 2.64 bits per heavy atom. The van der Waals surface area contributed by atoms with Crippen molar-refractivity contribution in [1.82, 2.24) is 14.8 Å². The smallest absolute Gasteiger partial charge is 0.276 e. The lowest BCUT2D eigenvalue weighted by atomic mass is 10.1. The first-order chi connectivity index (χ1) is 12.2. The Labute approximate surface area is 146 Å². The highest BCUT2D eigenvalue weighted by molar-refractivity contribution is 6.02. The van der Waals surface area contributed by atoms with Gasteiger partial charge in [0.25, 0.3) is 11.5 Å². The molecule has 3 rings (SSSR count). The van der Waals surface area contributed by atoms with E-state index in [-0.39, 0.29) is 17.2 Å². The van der Waals surface area contributed by atoms with E-state index >= 15 is 0 Å². The minimum atomic E-state index is -0.350. The van der Waals surface area contributed by atoms with Gasteiger partial charge in [-0.15, -0.1) is 0 Å². The Morgan fingerprint density at radius 1 is 1.16 bits per heavy atom. The van der Waals surface area contributed by atoms with Crippen molar-refractivity contribution in [2.24, 2.45) is 0 Å². The van der Waals surface area contributed by atoms with Crippen molar-refractivity contribution in [2.75, 3.05) is 23.3 Å². The van der Waals surface area contributed by atoms with Crippen molar-refractivity contribution < 1.29 is 4.79 Å². The minimum Gasteiger partial charge on any atom is -0.357 e. The molecule has 0 aromatic carbocycles. The van der Waals surface area contributed by atoms with Gasteiger partial charge in [0.05, 0.1) is 11.9 Å². The number of carbonyl (C=O) groups is 1. The van der Waals surface area contributed by atoms with Crippen LogP contribution < -0.4 is 15.8 Å². The van der Waals surface area contributed by atoms with Crippen LogP contribution in [0.4, 0.5) is 11.5 Å². The average Bonchev–Trinajstić information content (AvgIpc) is 2.65. The summed E-state index contributed by atoms with van der Waals surface area (Å²) in [5.74, 6) is 0.588. The van der Waals surface area contributed by atoms with Crippen LogP contribution in [0.3, 0.4) is 0 Å². The number of piperidine rings is 1. The number of amides is 1. The number of hydrogen-bond donors (Lipinski definition) is 1. The van der Waals surface area contributed by atoms with Crippen molar-refractivity contribution in [2.45, 2.75) is 39.2 Å². The van der Waals surface area contributed by atoms with E-state index < -0.39 is 0 Å². The Bertz CT molecular complexity index is 779. The molecule has 1 saturated heterocycles. The maximum atomic E-state index is 12.3. The molecule has 0 spiro atoms. The second-order valence-electron chi connectivity index (χ2n) is 6.19. The van der Waals surface area contributed by atoms with Gasteiger partial charge in [0.2, 0.25) is 0 Å². The molecule has 1 aliphatic heterocycles. The Hall–Kier alpha value is -2.70. The summed E-state index contributed by atoms with van der Waals surface area (Å²) in [6, 6.07) is 6.58. The number of carbonyl (C=O) groups excluding carboxylic acids is 1. The summed E-state index contributed by atoms with van der Waals surface area (Å²) in [6.45, 7) is 4.51. The number of rotatable bonds is 5. The third kappa shape index (κ3) is 4.23. The first-order valence-electron chi connectivity index (χ1n) is 8.78. The molecule has 2 aromatic heterocycles. The molecule has 7 heteroatoms. The van der Waals surface area contributed by atoms with Gasteiger partial charge in [-0.1, -0.05) is 6.92 Å². The fraction of sp³-hybridized carbons (Fsp3) is 0.444. The van der Waals surface area contributed by atoms with Crippen LogP contribution in [-0.4, -0.2) is 33.8 Å². The largest absolute Gasteiger partial charge is 0.357 e. The lowest BCUT2D eigenvalue weighted by molar-refractivity contribution is 0.101. The molecule has 1 amide bonds. The van der Waals surface area contributed by atoms with Crippen LogP contribution in [0.15, 0.2) is 35.3 Å². The topological polar surface area (TPSA) is 80.1 Å². The summed E-state index contributed by atoms with van der Waals surface area (Å²) in [6.07, 6.45) is 6.10. The van der Waals surface area contributed by atoms with Gasteiger partial charge >= 0.3 is 0 Å². The zero-order valence-electron chi connectivity index (χ0n) is 14.4. The normalized spacial score (nSPS) is 14.4. The molecule has 1 aliphatic rings. The van der Waals surface area contributed by atoms with E-state index in [1.807, 2.05) is 19.1 Å². The lowest BCUT2D eigenvalue weighted by Crippen LogP contribution is -2.30. The maximum absolute atomic E-state index is 12.3. The second-order valence-corrected chi connectivity index (χ2v) is 6.19. The van der Waals surface area contributed by atoms with Gasteiger partial charge in [0.1, 0.15) is 11.5 Å². The molecule has 0 saturated carbocycles. The van der Waals surface area contributed by atoms with Crippen molar-refractivity contribution >= 4 is 17.4 Å². The molecule has 0 aliphatic carbocycles. The third-order valence-electron chi connectivity index (χ3n) is 4.22. The van der Waals surface area contributed by atoms with Gasteiger partial charge in [-0.2, -0.15) is 5.10 Å². The van der Waals surface area contributed by atoms with Crippen LogP contribution in [0, 0.1) is 0 Å². The summed E-state index contributed by atoms with van der Waals surface area (Å²) in [4.78, 5) is 30.7. The monoisotopic (exact) mass is 341 g/mol. The number of nitrogens with one attached hydrogen (secondary N) is 1. The molecule has 2 aromatic rings. The highest BCUT2D eigenvalue weighted by Crippen LogP contribution is 2.19. The number of anilines is 2. The quantitative estimate of drug-likeness (QED) is 0.902. The number of hydrogen-bond acceptors (Lipinski definition) is 5. The fourth-order valence-electron chi connectivity index (χ4n) is 2.91. The number of aromatic nitrogens is 3. The molecule has 0 radical (unpaired) electrons. The van der Waals surface area contributed by atoms with E-state index in [1.54, 1.807) is 6.20 Å². The highest BCUT2D eigenvalue weighted by Gasteiger charge is 2.13. The van der Waals surface area contributed by atoms with Crippen LogP contribution >= 0.6 is 0 Å². The summed E-state index contributed by atoms with van der Waals surface area (Å²) in [7, 11) is 0. The fourth-order valence-corrected chi connectivity index (χ4v) is 2.91. The molecule has 1 N–H and O–H groups in total. The minimum absolute atomic E-state index is 0.203. The van der Waals surface area contributed by atoms with Crippen molar-refractivity contribution in [1.29, 1.82) is 0 Å². The van der Waals surface area contributed by atoms with E-state index in [9.17, 15) is 9.59 Å². The lowest BCUT2D eigenvalue weighted by Gasteiger charge is -2.27. The van der Waals surface area contributed by atoms with Gasteiger partial charge in [-0.3, -0.25) is 9.59 Å². The van der Waals surface area contributed by atoms with E-state index in [0.717, 1.165) is 25.3 Å². The SMILES string of the molecule is CCCn1nc(C(=O)Nc2ccc(N3CCCCC3)nc2)ccc1=O. The molecule has 132 valence electrons. The number of nitrogens with zero attached hydrogens (tertiary/aromatic N) is 4. The van der Waals surface area contributed by atoms with Crippen LogP contribution in [0.25, 0.3) is 0 Å². The predicted octanol–water partition coefficient (Wildman–Crippen LogP) is 2.29. The second kappa shape index (κ2) is 7.92. The molecule has 0 bridgehead atoms. The van der Waals surface area contributed by atoms with Gasteiger partial charge in [-0.05, 0) is 43.9 Å². The number of aryl methyl sites for hydroxylation is 1. The molecule has 0 atom stereocenters. The van der Waals surface area contributed by atoms with Gasteiger partial charge < -0.3 is 10.2 Å². The zero-order valence-corrected chi connectivity index (χ0v) is 14.4. The molecule has 7 nitrogen and oxygen atoms in total. The molecule has 0 unspecified atom stereocenters. The third-order valence-corrected chi connectivity index (χ3v) is 4.22. The van der Waals surface area contributed by atoms with E-state index in [0.29, 0.717) is 12.2 Å². The van der Waals surface area contributed by atoms with Crippen molar-refractivity contribution in [3.8, 4) is 0 Å². The maximum Gasteiger partial charge on any atom is 0.276 e. The molecular weight excluding hydrogens is 318 g/mol. The Balaban J connectivity index is 1.68.